The maximum atomic E-state index is 11.3. The molecular formula is C29H41NO4. The van der Waals surface area contributed by atoms with Gasteiger partial charge in [0.25, 0.3) is 0 Å². The minimum atomic E-state index is -0.648. The minimum absolute atomic E-state index is 0.187. The summed E-state index contributed by atoms with van der Waals surface area (Å²) >= 11 is 0. The van der Waals surface area contributed by atoms with Crippen LogP contribution in [0.1, 0.15) is 76.8 Å². The molecule has 1 heterocycles. The van der Waals surface area contributed by atoms with Crippen molar-refractivity contribution in [3.63, 3.8) is 0 Å². The number of benzene rings is 2. The molecule has 2 aromatic rings. The van der Waals surface area contributed by atoms with Crippen LogP contribution in [0.25, 0.3) is 10.8 Å². The van der Waals surface area contributed by atoms with Gasteiger partial charge in [0.1, 0.15) is 5.75 Å². The van der Waals surface area contributed by atoms with Crippen molar-refractivity contribution in [2.24, 2.45) is 11.8 Å². The Morgan fingerprint density at radius 3 is 2.38 bits per heavy atom. The predicted molar refractivity (Wildman–Crippen MR) is 136 cm³/mol. The third-order valence-electron chi connectivity index (χ3n) is 7.73. The number of carbonyl (C=O) groups is 1. The number of hydrogen-bond acceptors (Lipinski definition) is 4. The van der Waals surface area contributed by atoms with E-state index in [9.17, 15) is 9.90 Å². The van der Waals surface area contributed by atoms with Gasteiger partial charge < -0.3 is 14.6 Å². The smallest absolute Gasteiger partial charge is 0.306 e. The van der Waals surface area contributed by atoms with Gasteiger partial charge in [-0.25, -0.2) is 0 Å². The average molecular weight is 468 g/mol. The summed E-state index contributed by atoms with van der Waals surface area (Å²) in [5, 5.41) is 11.7. The maximum Gasteiger partial charge on any atom is 0.306 e. The molecule has 4 rings (SSSR count). The number of piperidine rings is 1. The van der Waals surface area contributed by atoms with Gasteiger partial charge in [0.05, 0.1) is 12.0 Å². The molecule has 2 aromatic carbocycles. The van der Waals surface area contributed by atoms with E-state index in [0.717, 1.165) is 70.6 Å². The van der Waals surface area contributed by atoms with E-state index in [2.05, 4.69) is 55.1 Å². The van der Waals surface area contributed by atoms with Gasteiger partial charge in [0.2, 0.25) is 0 Å². The topological polar surface area (TPSA) is 59.0 Å². The van der Waals surface area contributed by atoms with Gasteiger partial charge in [-0.3, -0.25) is 9.69 Å². The number of aliphatic carboxylic acids is 1. The van der Waals surface area contributed by atoms with Crippen molar-refractivity contribution in [2.45, 2.75) is 77.4 Å². The Morgan fingerprint density at radius 2 is 1.71 bits per heavy atom. The number of nitrogens with zero attached hydrogens (tertiary/aromatic N) is 1. The number of ether oxygens (including phenoxy) is 2. The minimum Gasteiger partial charge on any atom is -0.490 e. The van der Waals surface area contributed by atoms with Gasteiger partial charge in [-0.2, -0.15) is 0 Å². The highest BCUT2D eigenvalue weighted by molar-refractivity contribution is 5.84. The van der Waals surface area contributed by atoms with Gasteiger partial charge in [-0.1, -0.05) is 32.0 Å². The number of carboxylic acid groups (broad SMARTS) is 1. The molecule has 5 nitrogen and oxygen atoms in total. The molecular weight excluding hydrogens is 426 g/mol. The first kappa shape index (κ1) is 25.0. The van der Waals surface area contributed by atoms with E-state index in [0.29, 0.717) is 18.1 Å². The van der Waals surface area contributed by atoms with Crippen LogP contribution in [-0.4, -0.2) is 48.4 Å². The molecule has 0 amide bonds. The lowest BCUT2D eigenvalue weighted by atomic mass is 9.88. The molecule has 5 heteroatoms. The van der Waals surface area contributed by atoms with E-state index < -0.39 is 5.97 Å². The van der Waals surface area contributed by atoms with Crippen LogP contribution in [0.4, 0.5) is 0 Å². The maximum absolute atomic E-state index is 11.3. The fraction of sp³-hybridized carbons (Fsp3) is 0.621. The molecule has 0 aromatic heterocycles. The summed E-state index contributed by atoms with van der Waals surface area (Å²) in [6.07, 6.45) is 8.49. The highest BCUT2D eigenvalue weighted by Gasteiger charge is 2.28. The molecule has 1 unspecified atom stereocenters. The number of fused-ring (bicyclic) bond motifs is 1. The summed E-state index contributed by atoms with van der Waals surface area (Å²) in [7, 11) is 0. The van der Waals surface area contributed by atoms with Gasteiger partial charge >= 0.3 is 5.97 Å². The molecule has 0 spiro atoms. The van der Waals surface area contributed by atoms with Crippen LogP contribution in [0.5, 0.6) is 5.75 Å². The number of rotatable bonds is 10. The Balaban J connectivity index is 1.35. The Kier molecular flexibility index (Phi) is 8.85. The van der Waals surface area contributed by atoms with E-state index in [-0.39, 0.29) is 5.92 Å². The molecule has 1 saturated heterocycles. The normalized spacial score (nSPS) is 23.1. The van der Waals surface area contributed by atoms with Crippen molar-refractivity contribution in [3.05, 3.63) is 42.0 Å². The first-order valence-corrected chi connectivity index (χ1v) is 13.3. The molecule has 1 aliphatic heterocycles. The molecule has 2 fully saturated rings. The zero-order valence-corrected chi connectivity index (χ0v) is 20.9. The number of hydrogen-bond donors (Lipinski definition) is 1. The van der Waals surface area contributed by atoms with Crippen LogP contribution in [0.15, 0.2) is 36.4 Å². The van der Waals surface area contributed by atoms with Gasteiger partial charge in [-0.15, -0.1) is 0 Å². The monoisotopic (exact) mass is 467 g/mol. The third kappa shape index (κ3) is 6.31. The summed E-state index contributed by atoms with van der Waals surface area (Å²) in [6.45, 7) is 7.86. The summed E-state index contributed by atoms with van der Waals surface area (Å²) in [6, 6.07) is 13.6. The fourth-order valence-corrected chi connectivity index (χ4v) is 5.69. The van der Waals surface area contributed by atoms with Crippen LogP contribution in [0.3, 0.4) is 0 Å². The fourth-order valence-electron chi connectivity index (χ4n) is 5.69. The molecule has 0 radical (unpaired) electrons. The Labute approximate surface area is 204 Å². The molecule has 1 N–H and O–H groups in total. The van der Waals surface area contributed by atoms with Crippen molar-refractivity contribution >= 4 is 16.7 Å². The Hall–Kier alpha value is -2.11. The highest BCUT2D eigenvalue weighted by atomic mass is 16.5. The van der Waals surface area contributed by atoms with E-state index in [1.165, 1.54) is 29.2 Å². The SMILES string of the molecule is CCCOCC1CCC(Oc2ccc3cc(C(CC)N4CCC(C(=O)O)CC4)ccc3c2)CC1. The third-order valence-corrected chi connectivity index (χ3v) is 7.73. The number of carboxylic acids is 1. The predicted octanol–water partition coefficient (Wildman–Crippen LogP) is 6.45. The first-order valence-electron chi connectivity index (χ1n) is 13.3. The zero-order chi connectivity index (χ0) is 23.9. The van der Waals surface area contributed by atoms with Gasteiger partial charge in [0.15, 0.2) is 0 Å². The van der Waals surface area contributed by atoms with Crippen LogP contribution >= 0.6 is 0 Å². The van der Waals surface area contributed by atoms with Gasteiger partial charge in [-0.05, 0) is 105 Å². The molecule has 1 saturated carbocycles. The summed E-state index contributed by atoms with van der Waals surface area (Å²) < 4.78 is 12.1. The molecule has 2 aliphatic rings. The van der Waals surface area contributed by atoms with E-state index in [1.54, 1.807) is 0 Å². The van der Waals surface area contributed by atoms with Crippen molar-refractivity contribution < 1.29 is 19.4 Å². The molecule has 34 heavy (non-hydrogen) atoms. The van der Waals surface area contributed by atoms with Crippen LogP contribution < -0.4 is 4.74 Å². The lowest BCUT2D eigenvalue weighted by Crippen LogP contribution is -2.38. The Bertz CT molecular complexity index is 929. The lowest BCUT2D eigenvalue weighted by molar-refractivity contribution is -0.143. The van der Waals surface area contributed by atoms with Crippen LogP contribution in [-0.2, 0) is 9.53 Å². The van der Waals surface area contributed by atoms with E-state index >= 15 is 0 Å². The standard InChI is InChI=1S/C29H41NO4/c1-3-17-33-20-21-5-10-26(11-6-21)34-27-12-9-23-18-25(8-7-24(23)19-27)28(4-2)30-15-13-22(14-16-30)29(31)32/h7-9,12,18-19,21-22,26,28H,3-6,10-11,13-17,20H2,1-2H3,(H,31,32). The zero-order valence-electron chi connectivity index (χ0n) is 20.9. The average Bonchev–Trinajstić information content (AvgIpc) is 2.86. The molecule has 1 atom stereocenters. The molecule has 1 aliphatic carbocycles. The largest absolute Gasteiger partial charge is 0.490 e. The molecule has 186 valence electrons. The second-order valence-electron chi connectivity index (χ2n) is 10.2. The second-order valence-corrected chi connectivity index (χ2v) is 10.2. The van der Waals surface area contributed by atoms with E-state index in [4.69, 9.17) is 9.47 Å². The number of likely N-dealkylation sites (tertiary alicyclic amines) is 1. The highest BCUT2D eigenvalue weighted by Crippen LogP contribution is 2.33. The van der Waals surface area contributed by atoms with Gasteiger partial charge in [0, 0.05) is 19.3 Å². The lowest BCUT2D eigenvalue weighted by Gasteiger charge is -2.36. The van der Waals surface area contributed by atoms with E-state index in [1.807, 2.05) is 0 Å². The summed E-state index contributed by atoms with van der Waals surface area (Å²) in [4.78, 5) is 13.8. The van der Waals surface area contributed by atoms with Crippen molar-refractivity contribution in [2.75, 3.05) is 26.3 Å². The second kappa shape index (κ2) is 12.0. The van der Waals surface area contributed by atoms with Crippen molar-refractivity contribution in [1.82, 2.24) is 4.90 Å². The van der Waals surface area contributed by atoms with Crippen molar-refractivity contribution in [1.29, 1.82) is 0 Å². The summed E-state index contributed by atoms with van der Waals surface area (Å²) in [5.41, 5.74) is 1.32. The van der Waals surface area contributed by atoms with Crippen molar-refractivity contribution in [3.8, 4) is 5.75 Å². The quantitative estimate of drug-likeness (QED) is 0.407. The van der Waals surface area contributed by atoms with Crippen LogP contribution in [0, 0.1) is 11.8 Å². The first-order chi connectivity index (χ1) is 16.6. The molecule has 0 bridgehead atoms. The Morgan fingerprint density at radius 1 is 1.00 bits per heavy atom. The summed E-state index contributed by atoms with van der Waals surface area (Å²) in [5.74, 6) is 0.815. The van der Waals surface area contributed by atoms with Crippen LogP contribution in [0.2, 0.25) is 0 Å².